The molecule has 3 heteroatoms. The molecule has 0 aliphatic heterocycles. The Morgan fingerprint density at radius 2 is 1.63 bits per heavy atom. The zero-order valence-corrected chi connectivity index (χ0v) is 11.1. The molecule has 19 heavy (non-hydrogen) atoms. The van der Waals surface area contributed by atoms with E-state index in [4.69, 9.17) is 5.73 Å². The van der Waals surface area contributed by atoms with Gasteiger partial charge in [-0.05, 0) is 37.6 Å². The molecule has 0 atom stereocenters. The first-order valence-corrected chi connectivity index (χ1v) is 6.09. The van der Waals surface area contributed by atoms with Crippen LogP contribution in [0.1, 0.15) is 35.5 Å². The Morgan fingerprint density at radius 3 is 2.16 bits per heavy atom. The fraction of sp³-hybridized carbons (Fsp3) is 0.125. The van der Waals surface area contributed by atoms with Crippen LogP contribution in [0.15, 0.2) is 54.2 Å². The van der Waals surface area contributed by atoms with E-state index in [1.54, 1.807) is 12.3 Å². The van der Waals surface area contributed by atoms with Crippen molar-refractivity contribution in [3.8, 4) is 0 Å². The van der Waals surface area contributed by atoms with E-state index in [-0.39, 0.29) is 0 Å². The minimum absolute atomic E-state index is 0.426. The van der Waals surface area contributed by atoms with Gasteiger partial charge in [0.05, 0.1) is 5.69 Å². The average Bonchev–Trinajstić information content (AvgIpc) is 2.40. The smallest absolute Gasteiger partial charge is 0.249 e. The summed E-state index contributed by atoms with van der Waals surface area (Å²) >= 11 is 0. The van der Waals surface area contributed by atoms with E-state index >= 15 is 0 Å². The number of amides is 1. The van der Waals surface area contributed by atoms with Crippen molar-refractivity contribution in [1.82, 2.24) is 4.98 Å². The monoisotopic (exact) mass is 252 g/mol. The highest BCUT2D eigenvalue weighted by Crippen LogP contribution is 2.27. The Morgan fingerprint density at radius 1 is 1.00 bits per heavy atom. The van der Waals surface area contributed by atoms with Crippen molar-refractivity contribution in [2.45, 2.75) is 13.8 Å². The standard InChI is InChI=1S/C16H16N2O/c1-11(2)15(14-9-5-6-10-18-14)12-7-3-4-8-13(12)16(17)19/h3-10H,1-2H3,(H2,17,19). The molecule has 0 unspecified atom stereocenters. The van der Waals surface area contributed by atoms with E-state index in [1.165, 1.54) is 0 Å². The van der Waals surface area contributed by atoms with Gasteiger partial charge in [0.25, 0.3) is 0 Å². The molecule has 1 aromatic heterocycles. The molecule has 3 nitrogen and oxygen atoms in total. The number of nitrogens with zero attached hydrogens (tertiary/aromatic N) is 1. The number of rotatable bonds is 3. The normalized spacial score (nSPS) is 10.0. The van der Waals surface area contributed by atoms with E-state index < -0.39 is 5.91 Å². The molecular formula is C16H16N2O. The van der Waals surface area contributed by atoms with Crippen LogP contribution in [0.2, 0.25) is 0 Å². The Labute approximate surface area is 112 Å². The molecule has 2 rings (SSSR count). The summed E-state index contributed by atoms with van der Waals surface area (Å²) in [6, 6.07) is 13.1. The number of carbonyl (C=O) groups is 1. The molecule has 0 aliphatic carbocycles. The third kappa shape index (κ3) is 2.71. The van der Waals surface area contributed by atoms with E-state index in [0.29, 0.717) is 5.56 Å². The van der Waals surface area contributed by atoms with Crippen LogP contribution in [0, 0.1) is 0 Å². The lowest BCUT2D eigenvalue weighted by molar-refractivity contribution is 0.1000. The molecular weight excluding hydrogens is 236 g/mol. The highest BCUT2D eigenvalue weighted by molar-refractivity contribution is 6.00. The van der Waals surface area contributed by atoms with Crippen LogP contribution in [-0.4, -0.2) is 10.9 Å². The number of pyridine rings is 1. The number of allylic oxidation sites excluding steroid dienone is 1. The van der Waals surface area contributed by atoms with Crippen molar-refractivity contribution in [1.29, 1.82) is 0 Å². The predicted molar refractivity (Wildman–Crippen MR) is 76.6 cm³/mol. The minimum atomic E-state index is -0.426. The summed E-state index contributed by atoms with van der Waals surface area (Å²) in [7, 11) is 0. The van der Waals surface area contributed by atoms with E-state index in [9.17, 15) is 4.79 Å². The molecule has 1 amide bonds. The molecule has 0 spiro atoms. The minimum Gasteiger partial charge on any atom is -0.366 e. The zero-order valence-electron chi connectivity index (χ0n) is 11.1. The van der Waals surface area contributed by atoms with E-state index in [1.807, 2.05) is 50.2 Å². The predicted octanol–water partition coefficient (Wildman–Crippen LogP) is 3.02. The second-order valence-electron chi connectivity index (χ2n) is 4.50. The molecule has 96 valence electrons. The number of primary amides is 1. The molecule has 0 radical (unpaired) electrons. The maximum atomic E-state index is 11.6. The van der Waals surface area contributed by atoms with Crippen molar-refractivity contribution in [3.63, 3.8) is 0 Å². The van der Waals surface area contributed by atoms with Gasteiger partial charge in [0, 0.05) is 17.3 Å². The summed E-state index contributed by atoms with van der Waals surface area (Å²) in [4.78, 5) is 15.9. The first-order chi connectivity index (χ1) is 9.11. The quantitative estimate of drug-likeness (QED) is 0.912. The summed E-state index contributed by atoms with van der Waals surface area (Å²) in [6.45, 7) is 4.00. The number of carbonyl (C=O) groups excluding carboxylic acids is 1. The van der Waals surface area contributed by atoms with Crippen LogP contribution in [0.5, 0.6) is 0 Å². The number of benzene rings is 1. The molecule has 0 bridgehead atoms. The molecule has 2 N–H and O–H groups in total. The van der Waals surface area contributed by atoms with Gasteiger partial charge >= 0.3 is 0 Å². The third-order valence-corrected chi connectivity index (χ3v) is 2.88. The lowest BCUT2D eigenvalue weighted by atomic mass is 9.93. The Kier molecular flexibility index (Phi) is 3.76. The van der Waals surface area contributed by atoms with E-state index in [0.717, 1.165) is 22.4 Å². The Hall–Kier alpha value is -2.42. The second kappa shape index (κ2) is 5.48. The molecule has 1 aromatic carbocycles. The third-order valence-electron chi connectivity index (χ3n) is 2.88. The molecule has 0 saturated carbocycles. The number of aromatic nitrogens is 1. The van der Waals surface area contributed by atoms with Crippen LogP contribution < -0.4 is 5.73 Å². The summed E-state index contributed by atoms with van der Waals surface area (Å²) < 4.78 is 0. The average molecular weight is 252 g/mol. The van der Waals surface area contributed by atoms with Gasteiger partial charge in [0.15, 0.2) is 0 Å². The molecule has 1 heterocycles. The van der Waals surface area contributed by atoms with Crippen LogP contribution in [-0.2, 0) is 0 Å². The summed E-state index contributed by atoms with van der Waals surface area (Å²) in [5, 5.41) is 0. The van der Waals surface area contributed by atoms with Crippen LogP contribution in [0.3, 0.4) is 0 Å². The molecule has 0 saturated heterocycles. The van der Waals surface area contributed by atoms with Crippen molar-refractivity contribution < 1.29 is 4.79 Å². The van der Waals surface area contributed by atoms with Gasteiger partial charge in [0.2, 0.25) is 5.91 Å². The number of nitrogens with two attached hydrogens (primary N) is 1. The first-order valence-electron chi connectivity index (χ1n) is 6.09. The van der Waals surface area contributed by atoms with Gasteiger partial charge in [0.1, 0.15) is 0 Å². The maximum absolute atomic E-state index is 11.6. The van der Waals surface area contributed by atoms with Crippen molar-refractivity contribution in [2.24, 2.45) is 5.73 Å². The SMILES string of the molecule is CC(C)=C(c1ccccn1)c1ccccc1C(N)=O. The highest BCUT2D eigenvalue weighted by Gasteiger charge is 2.14. The number of hydrogen-bond acceptors (Lipinski definition) is 2. The van der Waals surface area contributed by atoms with Gasteiger partial charge in [-0.3, -0.25) is 9.78 Å². The zero-order chi connectivity index (χ0) is 13.8. The largest absolute Gasteiger partial charge is 0.366 e. The highest BCUT2D eigenvalue weighted by atomic mass is 16.1. The molecule has 0 aliphatic rings. The van der Waals surface area contributed by atoms with Gasteiger partial charge in [-0.1, -0.05) is 29.8 Å². The van der Waals surface area contributed by atoms with Crippen molar-refractivity contribution in [2.75, 3.05) is 0 Å². The summed E-state index contributed by atoms with van der Waals surface area (Å²) in [5.74, 6) is -0.426. The fourth-order valence-electron chi connectivity index (χ4n) is 2.09. The molecule has 0 fully saturated rings. The topological polar surface area (TPSA) is 56.0 Å². The molecule has 2 aromatic rings. The van der Waals surface area contributed by atoms with Crippen molar-refractivity contribution in [3.05, 3.63) is 71.1 Å². The van der Waals surface area contributed by atoms with Crippen molar-refractivity contribution >= 4 is 11.5 Å². The first kappa shape index (κ1) is 13.0. The maximum Gasteiger partial charge on any atom is 0.249 e. The lowest BCUT2D eigenvalue weighted by Gasteiger charge is -2.13. The van der Waals surface area contributed by atoms with Gasteiger partial charge in [-0.15, -0.1) is 0 Å². The van der Waals surface area contributed by atoms with E-state index in [2.05, 4.69) is 4.98 Å². The van der Waals surface area contributed by atoms with Gasteiger partial charge < -0.3 is 5.73 Å². The Bertz CT molecular complexity index is 626. The fourth-order valence-corrected chi connectivity index (χ4v) is 2.09. The number of hydrogen-bond donors (Lipinski definition) is 1. The van der Waals surface area contributed by atoms with Crippen LogP contribution in [0.25, 0.3) is 5.57 Å². The lowest BCUT2D eigenvalue weighted by Crippen LogP contribution is -2.14. The van der Waals surface area contributed by atoms with Gasteiger partial charge in [-0.25, -0.2) is 0 Å². The second-order valence-corrected chi connectivity index (χ2v) is 4.50. The summed E-state index contributed by atoms with van der Waals surface area (Å²) in [5.41, 5.74) is 9.68. The Balaban J connectivity index is 2.67. The van der Waals surface area contributed by atoms with Crippen LogP contribution in [0.4, 0.5) is 0 Å². The van der Waals surface area contributed by atoms with Crippen LogP contribution >= 0.6 is 0 Å². The summed E-state index contributed by atoms with van der Waals surface area (Å²) in [6.07, 6.45) is 1.74. The van der Waals surface area contributed by atoms with Gasteiger partial charge in [-0.2, -0.15) is 0 Å².